The third kappa shape index (κ3) is 3.83. The zero-order valence-corrected chi connectivity index (χ0v) is 15.5. The quantitative estimate of drug-likeness (QED) is 0.686. The lowest BCUT2D eigenvalue weighted by Gasteiger charge is -2.14. The summed E-state index contributed by atoms with van der Waals surface area (Å²) in [4.78, 5) is 26.1. The highest BCUT2D eigenvalue weighted by molar-refractivity contribution is 9.10. The van der Waals surface area contributed by atoms with Crippen molar-refractivity contribution in [2.24, 2.45) is 0 Å². The Labute approximate surface area is 157 Å². The summed E-state index contributed by atoms with van der Waals surface area (Å²) in [6.07, 6.45) is 1.65. The smallest absolute Gasteiger partial charge is 0.295 e. The minimum absolute atomic E-state index is 0.117. The lowest BCUT2D eigenvalue weighted by molar-refractivity contribution is -0.122. The number of halogens is 2. The van der Waals surface area contributed by atoms with Crippen LogP contribution < -0.4 is 5.32 Å². The number of rotatable bonds is 4. The van der Waals surface area contributed by atoms with Crippen LogP contribution in [0.25, 0.3) is 6.08 Å². The molecule has 2 aromatic carbocycles. The van der Waals surface area contributed by atoms with Crippen LogP contribution >= 0.6 is 39.3 Å². The van der Waals surface area contributed by atoms with Crippen LogP contribution in [0.15, 0.2) is 57.9 Å². The van der Waals surface area contributed by atoms with Gasteiger partial charge < -0.3 is 5.32 Å². The molecule has 0 spiro atoms. The Hall–Kier alpha value is -1.76. The summed E-state index contributed by atoms with van der Waals surface area (Å²) in [6.45, 7) is 0.117. The summed E-state index contributed by atoms with van der Waals surface area (Å²) in [6, 6.07) is 14.7. The fraction of sp³-hybridized carbons (Fsp3) is 0.0588. The predicted molar refractivity (Wildman–Crippen MR) is 102 cm³/mol. The number of carbonyl (C=O) groups is 2. The van der Waals surface area contributed by atoms with Crippen LogP contribution in [0.3, 0.4) is 0 Å². The molecule has 3 rings (SSSR count). The van der Waals surface area contributed by atoms with Gasteiger partial charge >= 0.3 is 0 Å². The first kappa shape index (κ1) is 17.1. The first-order valence-electron chi connectivity index (χ1n) is 7.04. The summed E-state index contributed by atoms with van der Waals surface area (Å²) in [5.74, 6) is -0.325. The topological polar surface area (TPSA) is 49.4 Å². The fourth-order valence-electron chi connectivity index (χ4n) is 2.11. The number of thioether (sulfide) groups is 1. The molecule has 0 bridgehead atoms. The van der Waals surface area contributed by atoms with Gasteiger partial charge in [-0.2, -0.15) is 0 Å². The number of amides is 2. The van der Waals surface area contributed by atoms with Gasteiger partial charge in [0.05, 0.1) is 11.6 Å². The van der Waals surface area contributed by atoms with E-state index in [1.54, 1.807) is 18.2 Å². The van der Waals surface area contributed by atoms with Crippen molar-refractivity contribution in [2.45, 2.75) is 0 Å². The summed E-state index contributed by atoms with van der Waals surface area (Å²) in [5, 5.41) is 3.30. The van der Waals surface area contributed by atoms with Gasteiger partial charge in [0.15, 0.2) is 0 Å². The molecule has 24 heavy (non-hydrogen) atoms. The number of benzene rings is 2. The Morgan fingerprint density at radius 1 is 1.12 bits per heavy atom. The van der Waals surface area contributed by atoms with E-state index in [1.807, 2.05) is 36.4 Å². The van der Waals surface area contributed by atoms with Crippen LogP contribution in [-0.4, -0.2) is 22.7 Å². The number of hydrogen-bond acceptors (Lipinski definition) is 4. The standard InChI is InChI=1S/C17H12BrClN2O2S/c18-12-5-7-13(8-6-12)20-10-21-16(22)15(24-17(21)23)9-11-3-1-2-4-14(11)19/h1-9,20H,10H2/b15-9-. The normalized spacial score (nSPS) is 16.1. The molecule has 1 fully saturated rings. The van der Waals surface area contributed by atoms with E-state index in [0.717, 1.165) is 21.9 Å². The van der Waals surface area contributed by atoms with E-state index in [9.17, 15) is 9.59 Å². The third-order valence-electron chi connectivity index (χ3n) is 3.35. The summed E-state index contributed by atoms with van der Waals surface area (Å²) < 4.78 is 0.960. The van der Waals surface area contributed by atoms with E-state index >= 15 is 0 Å². The molecule has 4 nitrogen and oxygen atoms in total. The Morgan fingerprint density at radius 3 is 2.54 bits per heavy atom. The monoisotopic (exact) mass is 422 g/mol. The third-order valence-corrected chi connectivity index (χ3v) is 5.13. The van der Waals surface area contributed by atoms with Gasteiger partial charge in [-0.05, 0) is 53.7 Å². The number of hydrogen-bond donors (Lipinski definition) is 1. The second-order valence-electron chi connectivity index (χ2n) is 4.97. The summed E-state index contributed by atoms with van der Waals surface area (Å²) >= 11 is 10.4. The van der Waals surface area contributed by atoms with E-state index in [4.69, 9.17) is 11.6 Å². The Morgan fingerprint density at radius 2 is 1.83 bits per heavy atom. The molecular weight excluding hydrogens is 412 g/mol. The van der Waals surface area contributed by atoms with Crippen LogP contribution in [0.2, 0.25) is 5.02 Å². The summed E-state index contributed by atoms with van der Waals surface area (Å²) in [5.41, 5.74) is 1.54. The van der Waals surface area contributed by atoms with Crippen molar-refractivity contribution in [2.75, 3.05) is 12.0 Å². The van der Waals surface area contributed by atoms with Gasteiger partial charge in [-0.1, -0.05) is 45.7 Å². The Balaban J connectivity index is 1.72. The molecule has 0 atom stereocenters. The molecule has 122 valence electrons. The maximum Gasteiger partial charge on any atom is 0.295 e. The van der Waals surface area contributed by atoms with Crippen LogP contribution in [0, 0.1) is 0 Å². The van der Waals surface area contributed by atoms with Gasteiger partial charge in [0.25, 0.3) is 11.1 Å². The van der Waals surface area contributed by atoms with Gasteiger partial charge in [0, 0.05) is 15.2 Å². The van der Waals surface area contributed by atoms with E-state index in [2.05, 4.69) is 21.2 Å². The van der Waals surface area contributed by atoms with Crippen molar-refractivity contribution in [3.63, 3.8) is 0 Å². The first-order chi connectivity index (χ1) is 11.5. The molecule has 2 aromatic rings. The highest BCUT2D eigenvalue weighted by Gasteiger charge is 2.34. The van der Waals surface area contributed by atoms with E-state index in [0.29, 0.717) is 15.5 Å². The minimum Gasteiger partial charge on any atom is -0.367 e. The van der Waals surface area contributed by atoms with Crippen LogP contribution in [0.5, 0.6) is 0 Å². The average Bonchev–Trinajstić information content (AvgIpc) is 2.83. The van der Waals surface area contributed by atoms with Crippen molar-refractivity contribution >= 4 is 62.2 Å². The molecule has 0 saturated carbocycles. The van der Waals surface area contributed by atoms with Crippen LogP contribution in [0.4, 0.5) is 10.5 Å². The van der Waals surface area contributed by atoms with E-state index < -0.39 is 0 Å². The second kappa shape index (κ2) is 7.42. The maximum absolute atomic E-state index is 12.4. The number of nitrogens with zero attached hydrogens (tertiary/aromatic N) is 1. The van der Waals surface area contributed by atoms with Crippen molar-refractivity contribution < 1.29 is 9.59 Å². The van der Waals surface area contributed by atoms with Gasteiger partial charge in [-0.15, -0.1) is 0 Å². The Bertz CT molecular complexity index is 824. The molecule has 1 heterocycles. The van der Waals surface area contributed by atoms with Crippen molar-refractivity contribution in [3.05, 3.63) is 68.5 Å². The van der Waals surface area contributed by atoms with Gasteiger partial charge in [-0.25, -0.2) is 0 Å². The van der Waals surface area contributed by atoms with E-state index in [1.165, 1.54) is 4.90 Å². The molecular formula is C17H12BrClN2O2S. The second-order valence-corrected chi connectivity index (χ2v) is 7.29. The molecule has 1 aliphatic heterocycles. The zero-order chi connectivity index (χ0) is 17.1. The zero-order valence-electron chi connectivity index (χ0n) is 12.3. The highest BCUT2D eigenvalue weighted by atomic mass is 79.9. The molecule has 0 unspecified atom stereocenters. The summed E-state index contributed by atoms with van der Waals surface area (Å²) in [7, 11) is 0. The lowest BCUT2D eigenvalue weighted by atomic mass is 10.2. The number of carbonyl (C=O) groups excluding carboxylic acids is 2. The number of imide groups is 1. The molecule has 1 N–H and O–H groups in total. The Kier molecular flexibility index (Phi) is 5.28. The molecule has 1 aliphatic rings. The van der Waals surface area contributed by atoms with Crippen LogP contribution in [-0.2, 0) is 4.79 Å². The minimum atomic E-state index is -0.325. The first-order valence-corrected chi connectivity index (χ1v) is 9.02. The largest absolute Gasteiger partial charge is 0.367 e. The van der Waals surface area contributed by atoms with Gasteiger partial charge in [0.1, 0.15) is 0 Å². The van der Waals surface area contributed by atoms with Crippen molar-refractivity contribution in [3.8, 4) is 0 Å². The molecule has 0 aromatic heterocycles. The van der Waals surface area contributed by atoms with Gasteiger partial charge in [0.2, 0.25) is 0 Å². The van der Waals surface area contributed by atoms with Gasteiger partial charge in [-0.3, -0.25) is 14.5 Å². The lowest BCUT2D eigenvalue weighted by Crippen LogP contribution is -2.33. The highest BCUT2D eigenvalue weighted by Crippen LogP contribution is 2.33. The average molecular weight is 424 g/mol. The predicted octanol–water partition coefficient (Wildman–Crippen LogP) is 5.21. The van der Waals surface area contributed by atoms with E-state index in [-0.39, 0.29) is 17.8 Å². The SMILES string of the molecule is O=C1S/C(=C\c2ccccc2Cl)C(=O)N1CNc1ccc(Br)cc1. The fourth-order valence-corrected chi connectivity index (χ4v) is 3.39. The number of anilines is 1. The van der Waals surface area contributed by atoms with Crippen LogP contribution in [0.1, 0.15) is 5.56 Å². The van der Waals surface area contributed by atoms with Crippen molar-refractivity contribution in [1.82, 2.24) is 4.90 Å². The maximum atomic E-state index is 12.4. The molecule has 0 radical (unpaired) electrons. The molecule has 1 saturated heterocycles. The van der Waals surface area contributed by atoms with Crippen molar-refractivity contribution in [1.29, 1.82) is 0 Å². The number of nitrogens with one attached hydrogen (secondary N) is 1. The molecule has 0 aliphatic carbocycles. The molecule has 7 heteroatoms. The molecule has 2 amide bonds.